The molecular formula is C14H19N5O2. The lowest BCUT2D eigenvalue weighted by Gasteiger charge is -2.32. The Morgan fingerprint density at radius 2 is 2.38 bits per heavy atom. The third-order valence-corrected chi connectivity index (χ3v) is 3.96. The van der Waals surface area contributed by atoms with Crippen molar-refractivity contribution in [3.8, 4) is 0 Å². The quantitative estimate of drug-likeness (QED) is 0.841. The highest BCUT2D eigenvalue weighted by Gasteiger charge is 2.25. The second-order valence-electron chi connectivity index (χ2n) is 5.58. The van der Waals surface area contributed by atoms with E-state index in [1.165, 1.54) is 0 Å². The second-order valence-corrected chi connectivity index (χ2v) is 5.58. The molecule has 0 N–H and O–H groups in total. The summed E-state index contributed by atoms with van der Waals surface area (Å²) in [5, 5.41) is 7.50. The van der Waals surface area contributed by atoms with Crippen LogP contribution in [0.4, 0.5) is 0 Å². The van der Waals surface area contributed by atoms with Crippen LogP contribution in [0.15, 0.2) is 23.4 Å². The number of nitrogens with zero attached hydrogens (tertiary/aromatic N) is 5. The highest BCUT2D eigenvalue weighted by Crippen LogP contribution is 2.19. The summed E-state index contributed by atoms with van der Waals surface area (Å²) in [4.78, 5) is 18.4. The summed E-state index contributed by atoms with van der Waals surface area (Å²) in [6, 6.07) is 0. The fraction of sp³-hybridized carbons (Fsp3) is 0.571. The summed E-state index contributed by atoms with van der Waals surface area (Å²) in [6.45, 7) is 4.33. The molecule has 1 aliphatic rings. The van der Waals surface area contributed by atoms with Gasteiger partial charge in [0.1, 0.15) is 11.4 Å². The Morgan fingerprint density at radius 3 is 3.10 bits per heavy atom. The van der Waals surface area contributed by atoms with E-state index in [-0.39, 0.29) is 12.3 Å². The van der Waals surface area contributed by atoms with Gasteiger partial charge in [0.25, 0.3) is 0 Å². The van der Waals surface area contributed by atoms with Gasteiger partial charge in [0.05, 0.1) is 12.7 Å². The van der Waals surface area contributed by atoms with E-state index in [0.29, 0.717) is 17.3 Å². The van der Waals surface area contributed by atoms with Crippen LogP contribution in [0.25, 0.3) is 0 Å². The van der Waals surface area contributed by atoms with Crippen LogP contribution in [-0.4, -0.2) is 43.8 Å². The van der Waals surface area contributed by atoms with Gasteiger partial charge in [-0.3, -0.25) is 4.79 Å². The third-order valence-electron chi connectivity index (χ3n) is 3.96. The van der Waals surface area contributed by atoms with E-state index in [1.54, 1.807) is 13.1 Å². The minimum absolute atomic E-state index is 0.101. The van der Waals surface area contributed by atoms with Crippen molar-refractivity contribution in [3.63, 3.8) is 0 Å². The van der Waals surface area contributed by atoms with E-state index in [2.05, 4.69) is 24.5 Å². The molecule has 1 aliphatic heterocycles. The van der Waals surface area contributed by atoms with Crippen molar-refractivity contribution in [2.75, 3.05) is 13.1 Å². The first-order valence-electron chi connectivity index (χ1n) is 7.24. The highest BCUT2D eigenvalue weighted by molar-refractivity contribution is 5.78. The van der Waals surface area contributed by atoms with E-state index in [9.17, 15) is 4.79 Å². The molecule has 112 valence electrons. The molecule has 3 rings (SSSR count). The number of piperidine rings is 1. The number of carbonyl (C=O) groups is 1. The van der Waals surface area contributed by atoms with E-state index in [1.807, 2.05) is 17.4 Å². The first-order chi connectivity index (χ1) is 10.2. The Labute approximate surface area is 122 Å². The van der Waals surface area contributed by atoms with Gasteiger partial charge in [-0.05, 0) is 25.7 Å². The summed E-state index contributed by atoms with van der Waals surface area (Å²) >= 11 is 0. The van der Waals surface area contributed by atoms with Crippen LogP contribution in [-0.2, 0) is 17.8 Å². The van der Waals surface area contributed by atoms with Crippen LogP contribution >= 0.6 is 0 Å². The molecule has 0 aliphatic carbocycles. The predicted octanol–water partition coefficient (Wildman–Crippen LogP) is 1.06. The van der Waals surface area contributed by atoms with Crippen LogP contribution in [0.5, 0.6) is 0 Å². The monoisotopic (exact) mass is 289 g/mol. The normalized spacial score (nSPS) is 18.9. The number of rotatable bonds is 4. The van der Waals surface area contributed by atoms with E-state index in [0.717, 1.165) is 32.5 Å². The molecule has 1 fully saturated rings. The largest absolute Gasteiger partial charge is 0.342 e. The Morgan fingerprint density at radius 1 is 1.48 bits per heavy atom. The molecule has 0 radical (unpaired) electrons. The zero-order chi connectivity index (χ0) is 14.7. The molecule has 1 saturated heterocycles. The zero-order valence-corrected chi connectivity index (χ0v) is 12.1. The predicted molar refractivity (Wildman–Crippen MR) is 74.3 cm³/mol. The van der Waals surface area contributed by atoms with Crippen molar-refractivity contribution in [1.29, 1.82) is 0 Å². The molecule has 0 spiro atoms. The number of imidazole rings is 1. The summed E-state index contributed by atoms with van der Waals surface area (Å²) in [5.41, 5.74) is 1.33. The van der Waals surface area contributed by atoms with Crippen molar-refractivity contribution in [2.24, 2.45) is 5.92 Å². The fourth-order valence-corrected chi connectivity index (χ4v) is 2.80. The number of aryl methyl sites for hydroxylation is 1. The maximum Gasteiger partial charge on any atom is 0.228 e. The molecule has 0 aromatic carbocycles. The Bertz CT molecular complexity index is 592. The van der Waals surface area contributed by atoms with Gasteiger partial charge in [0.15, 0.2) is 0 Å². The lowest BCUT2D eigenvalue weighted by molar-refractivity contribution is -0.132. The van der Waals surface area contributed by atoms with Crippen molar-refractivity contribution in [3.05, 3.63) is 30.1 Å². The van der Waals surface area contributed by atoms with Gasteiger partial charge in [-0.2, -0.15) is 0 Å². The smallest absolute Gasteiger partial charge is 0.228 e. The van der Waals surface area contributed by atoms with Gasteiger partial charge < -0.3 is 9.47 Å². The highest BCUT2D eigenvalue weighted by atomic mass is 16.6. The van der Waals surface area contributed by atoms with Crippen LogP contribution in [0, 0.1) is 12.8 Å². The zero-order valence-electron chi connectivity index (χ0n) is 12.1. The van der Waals surface area contributed by atoms with Crippen molar-refractivity contribution >= 4 is 5.91 Å². The second kappa shape index (κ2) is 6.07. The summed E-state index contributed by atoms with van der Waals surface area (Å²) < 4.78 is 6.72. The molecule has 3 heterocycles. The number of amides is 1. The van der Waals surface area contributed by atoms with Crippen molar-refractivity contribution in [2.45, 2.75) is 32.7 Å². The van der Waals surface area contributed by atoms with Crippen LogP contribution in [0.3, 0.4) is 0 Å². The molecule has 7 heteroatoms. The van der Waals surface area contributed by atoms with Crippen LogP contribution in [0.2, 0.25) is 0 Å². The van der Waals surface area contributed by atoms with E-state index < -0.39 is 0 Å². The number of hydrogen-bond donors (Lipinski definition) is 0. The molecule has 0 saturated carbocycles. The first kappa shape index (κ1) is 13.8. The maximum atomic E-state index is 12.4. The Hall–Kier alpha value is -2.18. The van der Waals surface area contributed by atoms with Gasteiger partial charge in [0.2, 0.25) is 5.91 Å². The first-order valence-corrected chi connectivity index (χ1v) is 7.24. The SMILES string of the molecule is Cc1nonc1CC(=O)N1CCCC(Cn2ccnc2)C1. The molecule has 1 unspecified atom stereocenters. The van der Waals surface area contributed by atoms with Gasteiger partial charge >= 0.3 is 0 Å². The number of likely N-dealkylation sites (tertiary alicyclic amines) is 1. The lowest BCUT2D eigenvalue weighted by Crippen LogP contribution is -2.41. The Kier molecular flexibility index (Phi) is 3.98. The van der Waals surface area contributed by atoms with Gasteiger partial charge in [-0.15, -0.1) is 0 Å². The van der Waals surface area contributed by atoms with Crippen molar-refractivity contribution < 1.29 is 9.42 Å². The summed E-state index contributed by atoms with van der Waals surface area (Å²) in [5.74, 6) is 0.581. The topological polar surface area (TPSA) is 77.0 Å². The van der Waals surface area contributed by atoms with E-state index >= 15 is 0 Å². The third kappa shape index (κ3) is 3.29. The van der Waals surface area contributed by atoms with Crippen LogP contribution in [0.1, 0.15) is 24.2 Å². The van der Waals surface area contributed by atoms with Gasteiger partial charge in [-0.1, -0.05) is 10.3 Å². The van der Waals surface area contributed by atoms with E-state index in [4.69, 9.17) is 0 Å². The number of hydrogen-bond acceptors (Lipinski definition) is 5. The summed E-state index contributed by atoms with van der Waals surface area (Å²) in [6.07, 6.45) is 8.03. The molecule has 7 nitrogen and oxygen atoms in total. The minimum atomic E-state index is 0.101. The molecule has 2 aromatic rings. The molecule has 21 heavy (non-hydrogen) atoms. The molecule has 1 atom stereocenters. The molecule has 2 aromatic heterocycles. The molecule has 0 bridgehead atoms. The summed E-state index contributed by atoms with van der Waals surface area (Å²) in [7, 11) is 0. The maximum absolute atomic E-state index is 12.4. The number of aromatic nitrogens is 4. The van der Waals surface area contributed by atoms with Crippen LogP contribution < -0.4 is 0 Å². The average Bonchev–Trinajstić information content (AvgIpc) is 3.12. The molecule has 1 amide bonds. The molecular weight excluding hydrogens is 270 g/mol. The average molecular weight is 289 g/mol. The van der Waals surface area contributed by atoms with Gasteiger partial charge in [0, 0.05) is 32.0 Å². The van der Waals surface area contributed by atoms with Gasteiger partial charge in [-0.25, -0.2) is 9.61 Å². The standard InChI is InChI=1S/C14H19N5O2/c1-11-13(17-21-16-11)7-14(20)19-5-2-3-12(9-19)8-18-6-4-15-10-18/h4,6,10,12H,2-3,5,7-9H2,1H3. The van der Waals surface area contributed by atoms with Crippen molar-refractivity contribution in [1.82, 2.24) is 24.8 Å². The minimum Gasteiger partial charge on any atom is -0.342 e. The number of carbonyl (C=O) groups excluding carboxylic acids is 1. The fourth-order valence-electron chi connectivity index (χ4n) is 2.80. The Balaban J connectivity index is 1.57. The lowest BCUT2D eigenvalue weighted by atomic mass is 9.97.